The second-order valence-corrected chi connectivity index (χ2v) is 5.58. The number of hydrogen-bond acceptors (Lipinski definition) is 5. The van der Waals surface area contributed by atoms with Crippen molar-refractivity contribution in [1.29, 1.82) is 5.26 Å². The lowest BCUT2D eigenvalue weighted by Gasteiger charge is -2.24. The number of aryl methyl sites for hydroxylation is 2. The molecular weight excluding hydrogens is 234 g/mol. The molecule has 0 amide bonds. The largest absolute Gasteiger partial charge is 0.437 e. The van der Waals surface area contributed by atoms with Crippen molar-refractivity contribution in [3.63, 3.8) is 0 Å². The maximum absolute atomic E-state index is 9.20. The van der Waals surface area contributed by atoms with Gasteiger partial charge in [0.25, 0.3) is 5.22 Å². The molecule has 0 aliphatic carbocycles. The Labute approximate surface area is 107 Å². The standard InChI is InChI=1S/C12H19N3OS/c1-8(2)15-12(5,6-13)7-17-11-14-9(3)10(4)16-11/h8,15H,7H2,1-5H3. The van der Waals surface area contributed by atoms with E-state index in [1.165, 1.54) is 11.8 Å². The Morgan fingerprint density at radius 1 is 1.53 bits per heavy atom. The van der Waals surface area contributed by atoms with Gasteiger partial charge in [0.1, 0.15) is 11.3 Å². The summed E-state index contributed by atoms with van der Waals surface area (Å²) in [5.41, 5.74) is 0.345. The van der Waals surface area contributed by atoms with Crippen molar-refractivity contribution in [2.45, 2.75) is 51.4 Å². The van der Waals surface area contributed by atoms with Gasteiger partial charge in [-0.25, -0.2) is 4.98 Å². The normalized spacial score (nSPS) is 14.6. The van der Waals surface area contributed by atoms with Crippen LogP contribution < -0.4 is 5.32 Å². The monoisotopic (exact) mass is 253 g/mol. The summed E-state index contributed by atoms with van der Waals surface area (Å²) in [6.07, 6.45) is 0. The first-order valence-corrected chi connectivity index (χ1v) is 6.60. The zero-order valence-electron chi connectivity index (χ0n) is 11.0. The fourth-order valence-electron chi connectivity index (χ4n) is 1.45. The molecule has 0 saturated heterocycles. The van der Waals surface area contributed by atoms with Crippen molar-refractivity contribution in [3.05, 3.63) is 11.5 Å². The Morgan fingerprint density at radius 2 is 2.18 bits per heavy atom. The number of hydrogen-bond donors (Lipinski definition) is 1. The average molecular weight is 253 g/mol. The Kier molecular flexibility index (Phi) is 4.61. The van der Waals surface area contributed by atoms with Crippen LogP contribution in [0, 0.1) is 25.2 Å². The molecule has 0 aromatic carbocycles. The number of thioether (sulfide) groups is 1. The Balaban J connectivity index is 2.62. The number of nitrogens with zero attached hydrogens (tertiary/aromatic N) is 2. The van der Waals surface area contributed by atoms with Crippen LogP contribution >= 0.6 is 11.8 Å². The van der Waals surface area contributed by atoms with Crippen LogP contribution in [0.5, 0.6) is 0 Å². The van der Waals surface area contributed by atoms with Gasteiger partial charge in [-0.2, -0.15) is 5.26 Å². The van der Waals surface area contributed by atoms with E-state index in [4.69, 9.17) is 4.42 Å². The molecule has 0 fully saturated rings. The third-order valence-corrected chi connectivity index (χ3v) is 3.49. The summed E-state index contributed by atoms with van der Waals surface area (Å²) in [6, 6.07) is 2.57. The van der Waals surface area contributed by atoms with E-state index in [-0.39, 0.29) is 6.04 Å². The Bertz CT molecular complexity index is 402. The first-order valence-electron chi connectivity index (χ1n) is 5.62. The third-order valence-electron chi connectivity index (χ3n) is 2.35. The van der Waals surface area contributed by atoms with Gasteiger partial charge in [0, 0.05) is 11.8 Å². The number of nitrogens with one attached hydrogen (secondary N) is 1. The number of aromatic nitrogens is 1. The van der Waals surface area contributed by atoms with Crippen molar-refractivity contribution in [1.82, 2.24) is 10.3 Å². The van der Waals surface area contributed by atoms with E-state index >= 15 is 0 Å². The molecular formula is C12H19N3OS. The van der Waals surface area contributed by atoms with E-state index < -0.39 is 5.54 Å². The fourth-order valence-corrected chi connectivity index (χ4v) is 2.40. The first-order chi connectivity index (χ1) is 7.86. The van der Waals surface area contributed by atoms with Gasteiger partial charge in [-0.3, -0.25) is 5.32 Å². The smallest absolute Gasteiger partial charge is 0.256 e. The third kappa shape index (κ3) is 4.06. The van der Waals surface area contributed by atoms with Crippen LogP contribution in [0.15, 0.2) is 9.64 Å². The van der Waals surface area contributed by atoms with Crippen LogP contribution in [0.1, 0.15) is 32.2 Å². The topological polar surface area (TPSA) is 61.9 Å². The second kappa shape index (κ2) is 5.56. The van der Waals surface area contributed by atoms with Crippen LogP contribution in [0.25, 0.3) is 0 Å². The maximum atomic E-state index is 9.20. The van der Waals surface area contributed by atoms with E-state index in [1.807, 2.05) is 34.6 Å². The predicted molar refractivity (Wildman–Crippen MR) is 69.0 cm³/mol. The molecule has 1 heterocycles. The van der Waals surface area contributed by atoms with E-state index in [1.54, 1.807) is 0 Å². The quantitative estimate of drug-likeness (QED) is 0.817. The summed E-state index contributed by atoms with van der Waals surface area (Å²) < 4.78 is 5.47. The summed E-state index contributed by atoms with van der Waals surface area (Å²) in [5, 5.41) is 13.1. The minimum absolute atomic E-state index is 0.272. The highest BCUT2D eigenvalue weighted by Crippen LogP contribution is 2.24. The number of rotatable bonds is 5. The highest BCUT2D eigenvalue weighted by Gasteiger charge is 2.25. The van der Waals surface area contributed by atoms with Crippen molar-refractivity contribution in [2.75, 3.05) is 5.75 Å². The van der Waals surface area contributed by atoms with Crippen LogP contribution in [0.4, 0.5) is 0 Å². The lowest BCUT2D eigenvalue weighted by atomic mass is 10.1. The highest BCUT2D eigenvalue weighted by molar-refractivity contribution is 7.99. The van der Waals surface area contributed by atoms with E-state index in [0.717, 1.165) is 11.5 Å². The molecule has 1 N–H and O–H groups in total. The van der Waals surface area contributed by atoms with Gasteiger partial charge in [-0.1, -0.05) is 11.8 Å². The first kappa shape index (κ1) is 14.1. The van der Waals surface area contributed by atoms with Gasteiger partial charge >= 0.3 is 0 Å². The number of nitriles is 1. The Morgan fingerprint density at radius 3 is 2.59 bits per heavy atom. The van der Waals surface area contributed by atoms with Crippen molar-refractivity contribution >= 4 is 11.8 Å². The van der Waals surface area contributed by atoms with E-state index in [9.17, 15) is 5.26 Å². The van der Waals surface area contributed by atoms with Gasteiger partial charge in [-0.05, 0) is 34.6 Å². The molecule has 0 radical (unpaired) electrons. The molecule has 5 heteroatoms. The molecule has 4 nitrogen and oxygen atoms in total. The zero-order valence-corrected chi connectivity index (χ0v) is 11.8. The molecule has 94 valence electrons. The summed E-state index contributed by atoms with van der Waals surface area (Å²) in [5.74, 6) is 1.45. The van der Waals surface area contributed by atoms with Gasteiger partial charge < -0.3 is 4.42 Å². The summed E-state index contributed by atoms with van der Waals surface area (Å²) >= 11 is 1.47. The highest BCUT2D eigenvalue weighted by atomic mass is 32.2. The summed E-state index contributed by atoms with van der Waals surface area (Å²) in [6.45, 7) is 9.75. The molecule has 0 aliphatic rings. The molecule has 17 heavy (non-hydrogen) atoms. The summed E-state index contributed by atoms with van der Waals surface area (Å²) in [4.78, 5) is 4.29. The minimum Gasteiger partial charge on any atom is -0.437 e. The lowest BCUT2D eigenvalue weighted by molar-refractivity contribution is 0.422. The van der Waals surface area contributed by atoms with Crippen LogP contribution in [-0.2, 0) is 0 Å². The molecule has 1 rings (SSSR count). The average Bonchev–Trinajstić information content (AvgIpc) is 2.55. The molecule has 1 aromatic rings. The number of oxazole rings is 1. The molecule has 0 bridgehead atoms. The lowest BCUT2D eigenvalue weighted by Crippen LogP contribution is -2.47. The molecule has 1 aromatic heterocycles. The SMILES string of the molecule is Cc1nc(SCC(C)(C#N)NC(C)C)oc1C. The minimum atomic E-state index is -0.560. The molecule has 0 spiro atoms. The van der Waals surface area contributed by atoms with Crippen LogP contribution in [0.2, 0.25) is 0 Å². The van der Waals surface area contributed by atoms with Gasteiger partial charge in [-0.15, -0.1) is 0 Å². The summed E-state index contributed by atoms with van der Waals surface area (Å²) in [7, 11) is 0. The van der Waals surface area contributed by atoms with Gasteiger partial charge in [0.2, 0.25) is 0 Å². The van der Waals surface area contributed by atoms with E-state index in [2.05, 4.69) is 16.4 Å². The van der Waals surface area contributed by atoms with Crippen molar-refractivity contribution in [2.24, 2.45) is 0 Å². The second-order valence-electron chi connectivity index (χ2n) is 4.65. The zero-order chi connectivity index (χ0) is 13.1. The van der Waals surface area contributed by atoms with Crippen molar-refractivity contribution < 1.29 is 4.42 Å². The molecule has 1 unspecified atom stereocenters. The Hall–Kier alpha value is -0.990. The van der Waals surface area contributed by atoms with Crippen molar-refractivity contribution in [3.8, 4) is 6.07 Å². The fraction of sp³-hybridized carbons (Fsp3) is 0.667. The van der Waals surface area contributed by atoms with Crippen LogP contribution in [-0.4, -0.2) is 22.3 Å². The van der Waals surface area contributed by atoms with Gasteiger partial charge in [0.05, 0.1) is 11.8 Å². The predicted octanol–water partition coefficient (Wildman–Crippen LogP) is 2.66. The maximum Gasteiger partial charge on any atom is 0.256 e. The molecule has 1 atom stereocenters. The molecule has 0 aliphatic heterocycles. The van der Waals surface area contributed by atoms with E-state index in [0.29, 0.717) is 11.0 Å². The van der Waals surface area contributed by atoms with Gasteiger partial charge in [0.15, 0.2) is 0 Å². The molecule has 0 saturated carbocycles. The van der Waals surface area contributed by atoms with Crippen LogP contribution in [0.3, 0.4) is 0 Å².